The first-order valence-electron chi connectivity index (χ1n) is 23.2. The van der Waals surface area contributed by atoms with Crippen molar-refractivity contribution in [2.75, 3.05) is 13.2 Å². The number of carbonyl (C=O) groups excluding carboxylic acids is 2. The molecule has 16 nitrogen and oxygen atoms in total. The van der Waals surface area contributed by atoms with Gasteiger partial charge in [0.25, 0.3) is 0 Å². The van der Waals surface area contributed by atoms with E-state index in [0.717, 1.165) is 64.2 Å². The third-order valence-electron chi connectivity index (χ3n) is 10.8. The zero-order valence-corrected chi connectivity index (χ0v) is 38.9. The van der Waals surface area contributed by atoms with Crippen molar-refractivity contribution in [1.82, 2.24) is 0 Å². The van der Waals surface area contributed by atoms with Crippen molar-refractivity contribution in [2.24, 2.45) is 0 Å². The van der Waals surface area contributed by atoms with Crippen LogP contribution in [0, 0.1) is 0 Å². The zero-order chi connectivity index (χ0) is 45.4. The Labute approximate surface area is 365 Å². The minimum atomic E-state index is -5.30. The minimum Gasteiger partial charge on any atom is -0.462 e. The van der Waals surface area contributed by atoms with Crippen molar-refractivity contribution < 1.29 is 76.9 Å². The van der Waals surface area contributed by atoms with Crippen LogP contribution in [0.2, 0.25) is 0 Å². The van der Waals surface area contributed by atoms with E-state index in [0.29, 0.717) is 12.8 Å². The van der Waals surface area contributed by atoms with Crippen molar-refractivity contribution >= 4 is 27.6 Å². The van der Waals surface area contributed by atoms with E-state index in [4.69, 9.17) is 28.3 Å². The number of aliphatic hydroxyl groups excluding tert-OH is 4. The highest BCUT2D eigenvalue weighted by Crippen LogP contribution is 2.48. The minimum absolute atomic E-state index is 0.0446. The summed E-state index contributed by atoms with van der Waals surface area (Å²) in [6, 6.07) is 0. The normalized spacial score (nSPS) is 22.3. The summed E-state index contributed by atoms with van der Waals surface area (Å²) >= 11 is 0. The number of hydrogen-bond donors (Lipinski definition) is 7. The highest BCUT2D eigenvalue weighted by molar-refractivity contribution is 7.47. The summed E-state index contributed by atoms with van der Waals surface area (Å²) in [5.41, 5.74) is 0. The van der Waals surface area contributed by atoms with E-state index in [1.807, 2.05) is 0 Å². The summed E-state index contributed by atoms with van der Waals surface area (Å²) in [6.45, 7) is 3.12. The summed E-state index contributed by atoms with van der Waals surface area (Å²) in [5.74, 6) is -1.19. The number of esters is 2. The van der Waals surface area contributed by atoms with Gasteiger partial charge in [-0.15, -0.1) is 0 Å². The first-order chi connectivity index (χ1) is 29.1. The second kappa shape index (κ2) is 35.1. The molecule has 18 heteroatoms. The van der Waals surface area contributed by atoms with Crippen LogP contribution in [-0.4, -0.2) is 103 Å². The van der Waals surface area contributed by atoms with Gasteiger partial charge >= 0.3 is 27.6 Å². The van der Waals surface area contributed by atoms with Crippen molar-refractivity contribution in [3.05, 3.63) is 12.2 Å². The number of aliphatic hydroxyl groups is 4. The number of rotatable bonds is 39. The molecule has 1 rings (SSSR count). The van der Waals surface area contributed by atoms with E-state index in [-0.39, 0.29) is 12.8 Å². The number of carbonyl (C=O) groups is 2. The van der Waals surface area contributed by atoms with Gasteiger partial charge in [-0.2, -0.15) is 0 Å². The average molecular weight is 917 g/mol. The topological polar surface area (TPSA) is 256 Å². The predicted molar refractivity (Wildman–Crippen MR) is 232 cm³/mol. The Morgan fingerprint density at radius 1 is 0.508 bits per heavy atom. The Kier molecular flexibility index (Phi) is 33.2. The molecule has 1 saturated carbocycles. The van der Waals surface area contributed by atoms with Gasteiger partial charge in [-0.25, -0.2) is 9.13 Å². The van der Waals surface area contributed by atoms with Crippen molar-refractivity contribution in [2.45, 2.75) is 236 Å². The molecule has 0 heterocycles. The Hall–Kier alpha value is -1.26. The van der Waals surface area contributed by atoms with Gasteiger partial charge in [0.05, 0.1) is 6.61 Å². The molecule has 0 bridgehead atoms. The smallest absolute Gasteiger partial charge is 0.462 e. The number of hydrogen-bond acceptors (Lipinski definition) is 13. The van der Waals surface area contributed by atoms with Crippen LogP contribution in [0.1, 0.15) is 194 Å². The van der Waals surface area contributed by atoms with Gasteiger partial charge in [-0.05, 0) is 38.5 Å². The Morgan fingerprint density at radius 2 is 0.869 bits per heavy atom. The summed E-state index contributed by atoms with van der Waals surface area (Å²) in [7, 11) is -10.6. The largest absolute Gasteiger partial charge is 0.472 e. The second-order valence-electron chi connectivity index (χ2n) is 16.5. The second-order valence-corrected chi connectivity index (χ2v) is 19.1. The fourth-order valence-electron chi connectivity index (χ4n) is 7.20. The standard InChI is InChI=1S/C43H82O16P2/c1-3-5-7-9-11-13-15-17-18-20-22-24-26-28-30-32-37(45)57-35(33-55-36(44)31-29-27-25-23-21-19-16-14-12-10-8-6-4-2)34-56-61(53,54)59-43-40(48)38(46)42(39(47)41(43)49)58-60(50,51)52/h17-18,35,38-43,46-49H,3-16,19-34H2,1-2H3,(H,53,54)(H2,50,51,52)/b18-17-/t35-,38-,39+,40-,41-,42?,43?/m1/s1. The van der Waals surface area contributed by atoms with Gasteiger partial charge in [0.15, 0.2) is 6.10 Å². The highest BCUT2D eigenvalue weighted by atomic mass is 31.2. The van der Waals surface area contributed by atoms with Crippen LogP contribution in [0.4, 0.5) is 0 Å². The lowest BCUT2D eigenvalue weighted by Gasteiger charge is -2.43. The van der Waals surface area contributed by atoms with Gasteiger partial charge in [0.2, 0.25) is 0 Å². The van der Waals surface area contributed by atoms with Gasteiger partial charge in [-0.3, -0.25) is 23.2 Å². The molecule has 3 unspecified atom stereocenters. The van der Waals surface area contributed by atoms with Crippen molar-refractivity contribution in [1.29, 1.82) is 0 Å². The lowest BCUT2D eigenvalue weighted by atomic mass is 9.85. The van der Waals surface area contributed by atoms with Crippen LogP contribution in [0.5, 0.6) is 0 Å². The Bertz CT molecular complexity index is 1230. The maximum absolute atomic E-state index is 12.9. The molecular weight excluding hydrogens is 834 g/mol. The van der Waals surface area contributed by atoms with E-state index in [2.05, 4.69) is 30.5 Å². The summed E-state index contributed by atoms with van der Waals surface area (Å²) in [6.07, 6.45) is 19.0. The third kappa shape index (κ3) is 29.7. The van der Waals surface area contributed by atoms with Crippen LogP contribution < -0.4 is 0 Å². The summed E-state index contributed by atoms with van der Waals surface area (Å²) < 4.78 is 49.1. The maximum atomic E-state index is 12.9. The van der Waals surface area contributed by atoms with Crippen molar-refractivity contribution in [3.63, 3.8) is 0 Å². The maximum Gasteiger partial charge on any atom is 0.472 e. The molecule has 0 amide bonds. The summed E-state index contributed by atoms with van der Waals surface area (Å²) in [5, 5.41) is 41.4. The molecule has 0 aromatic heterocycles. The fourth-order valence-corrected chi connectivity index (χ4v) is 8.74. The predicted octanol–water partition coefficient (Wildman–Crippen LogP) is 8.40. The molecule has 0 saturated heterocycles. The van der Waals surface area contributed by atoms with E-state index in [9.17, 15) is 44.0 Å². The van der Waals surface area contributed by atoms with Crippen LogP contribution >= 0.6 is 15.6 Å². The number of phosphoric ester groups is 2. The van der Waals surface area contributed by atoms with E-state index in [1.165, 1.54) is 89.9 Å². The molecule has 1 aliphatic rings. The first-order valence-corrected chi connectivity index (χ1v) is 26.3. The molecule has 1 fully saturated rings. The van der Waals surface area contributed by atoms with Crippen LogP contribution in [0.3, 0.4) is 0 Å². The molecule has 61 heavy (non-hydrogen) atoms. The molecule has 0 aromatic carbocycles. The fraction of sp³-hybridized carbons (Fsp3) is 0.907. The van der Waals surface area contributed by atoms with E-state index >= 15 is 0 Å². The number of allylic oxidation sites excluding steroid dienone is 2. The van der Waals surface area contributed by atoms with E-state index in [1.54, 1.807) is 0 Å². The molecule has 7 N–H and O–H groups in total. The lowest BCUT2D eigenvalue weighted by Crippen LogP contribution is -2.64. The van der Waals surface area contributed by atoms with Crippen LogP contribution in [0.15, 0.2) is 12.2 Å². The quantitative estimate of drug-likeness (QED) is 0.0132. The molecular formula is C43H82O16P2. The van der Waals surface area contributed by atoms with Crippen LogP contribution in [-0.2, 0) is 41.8 Å². The van der Waals surface area contributed by atoms with E-state index < -0.39 is 83.5 Å². The van der Waals surface area contributed by atoms with Gasteiger partial charge in [0.1, 0.15) is 43.2 Å². The molecule has 0 aromatic rings. The zero-order valence-electron chi connectivity index (χ0n) is 37.1. The average Bonchev–Trinajstić information content (AvgIpc) is 3.21. The number of ether oxygens (including phenoxy) is 2. The molecule has 0 radical (unpaired) electrons. The molecule has 0 aliphatic heterocycles. The number of unbranched alkanes of at least 4 members (excludes halogenated alkanes) is 23. The van der Waals surface area contributed by atoms with Crippen LogP contribution in [0.25, 0.3) is 0 Å². The first kappa shape index (κ1) is 57.8. The molecule has 8 atom stereocenters. The number of phosphoric acid groups is 2. The SMILES string of the molecule is CCCCCCCC/C=C\CCCCCCCC(=O)O[C@H](COC(=O)CCCCCCCCCCCCCCC)COP(=O)(O)OC1[C@H](O)[C@H](O)C(OP(=O)(O)O)[C@H](O)[C@H]1O. The van der Waals surface area contributed by atoms with Crippen molar-refractivity contribution in [3.8, 4) is 0 Å². The lowest BCUT2D eigenvalue weighted by molar-refractivity contribution is -0.216. The van der Waals surface area contributed by atoms with Gasteiger partial charge in [-0.1, -0.05) is 154 Å². The monoisotopic (exact) mass is 917 g/mol. The third-order valence-corrected chi connectivity index (χ3v) is 12.3. The Balaban J connectivity index is 2.59. The van der Waals surface area contributed by atoms with Gasteiger partial charge in [0, 0.05) is 12.8 Å². The summed E-state index contributed by atoms with van der Waals surface area (Å²) in [4.78, 5) is 53.9. The molecule has 1 aliphatic carbocycles. The molecule has 360 valence electrons. The van der Waals surface area contributed by atoms with Gasteiger partial charge < -0.3 is 44.6 Å². The Morgan fingerprint density at radius 3 is 1.28 bits per heavy atom. The molecule has 0 spiro atoms. The highest BCUT2D eigenvalue weighted by Gasteiger charge is 2.54.